The summed E-state index contributed by atoms with van der Waals surface area (Å²) in [6.07, 6.45) is 2.60. The van der Waals surface area contributed by atoms with E-state index in [0.717, 1.165) is 19.3 Å². The summed E-state index contributed by atoms with van der Waals surface area (Å²) in [5.74, 6) is -0.523. The predicted octanol–water partition coefficient (Wildman–Crippen LogP) is 1.08. The van der Waals surface area contributed by atoms with E-state index < -0.39 is 5.97 Å². The minimum atomic E-state index is -0.746. The highest BCUT2D eigenvalue weighted by molar-refractivity contribution is 5.70. The van der Waals surface area contributed by atoms with Crippen molar-refractivity contribution >= 4 is 12.1 Å². The van der Waals surface area contributed by atoms with Gasteiger partial charge in [-0.15, -0.1) is 0 Å². The molecule has 5 nitrogen and oxygen atoms in total. The van der Waals surface area contributed by atoms with Crippen LogP contribution in [-0.4, -0.2) is 41.3 Å². The molecule has 1 heterocycles. The van der Waals surface area contributed by atoms with E-state index in [4.69, 9.17) is 9.84 Å². The van der Waals surface area contributed by atoms with Gasteiger partial charge in [0.2, 0.25) is 0 Å². The molecule has 1 saturated heterocycles. The third-order valence-corrected chi connectivity index (χ3v) is 3.21. The Kier molecular flexibility index (Phi) is 2.79. The zero-order valence-corrected chi connectivity index (χ0v) is 8.52. The van der Waals surface area contributed by atoms with Crippen LogP contribution in [0.5, 0.6) is 0 Å². The number of amides is 1. The minimum Gasteiger partial charge on any atom is -0.481 e. The summed E-state index contributed by atoms with van der Waals surface area (Å²) in [7, 11) is 0. The van der Waals surface area contributed by atoms with Crippen molar-refractivity contribution in [2.24, 2.45) is 5.92 Å². The molecule has 84 valence electrons. The maximum atomic E-state index is 11.3. The number of hydrogen-bond donors (Lipinski definition) is 1. The molecule has 1 saturated carbocycles. The second kappa shape index (κ2) is 4.08. The number of carboxylic acids is 1. The first-order valence-electron chi connectivity index (χ1n) is 5.32. The Morgan fingerprint density at radius 1 is 1.53 bits per heavy atom. The van der Waals surface area contributed by atoms with E-state index in [-0.39, 0.29) is 24.5 Å². The Morgan fingerprint density at radius 3 is 2.93 bits per heavy atom. The number of carbonyl (C=O) groups is 2. The van der Waals surface area contributed by atoms with Gasteiger partial charge in [0, 0.05) is 12.5 Å². The molecule has 0 radical (unpaired) electrons. The van der Waals surface area contributed by atoms with Gasteiger partial charge in [-0.05, 0) is 25.2 Å². The lowest BCUT2D eigenvalue weighted by Gasteiger charge is -2.20. The molecule has 0 aromatic heterocycles. The van der Waals surface area contributed by atoms with E-state index in [0.29, 0.717) is 13.2 Å². The van der Waals surface area contributed by atoms with Crippen LogP contribution in [0, 0.1) is 5.92 Å². The number of carbonyl (C=O) groups excluding carboxylic acids is 1. The summed E-state index contributed by atoms with van der Waals surface area (Å²) in [5, 5.41) is 8.67. The van der Waals surface area contributed by atoms with Crippen molar-refractivity contribution in [2.75, 3.05) is 13.2 Å². The second-order valence-electron chi connectivity index (χ2n) is 4.24. The van der Waals surface area contributed by atoms with Gasteiger partial charge in [0.05, 0.1) is 6.54 Å². The van der Waals surface area contributed by atoms with Gasteiger partial charge in [0.15, 0.2) is 0 Å². The number of carboxylic acid groups (broad SMARTS) is 1. The fourth-order valence-electron chi connectivity index (χ4n) is 2.50. The van der Waals surface area contributed by atoms with Crippen LogP contribution in [0.4, 0.5) is 4.79 Å². The summed E-state index contributed by atoms with van der Waals surface area (Å²) in [4.78, 5) is 23.6. The Hall–Kier alpha value is -1.26. The van der Waals surface area contributed by atoms with Crippen molar-refractivity contribution < 1.29 is 19.4 Å². The Bertz CT molecular complexity index is 279. The predicted molar refractivity (Wildman–Crippen MR) is 51.4 cm³/mol. The van der Waals surface area contributed by atoms with E-state index in [1.165, 1.54) is 0 Å². The lowest BCUT2D eigenvalue weighted by Crippen LogP contribution is -2.34. The number of ether oxygens (including phenoxy) is 1. The fourth-order valence-corrected chi connectivity index (χ4v) is 2.50. The number of cyclic esters (lactones) is 1. The molecule has 2 fully saturated rings. The van der Waals surface area contributed by atoms with Gasteiger partial charge in [0.25, 0.3) is 0 Å². The largest absolute Gasteiger partial charge is 0.481 e. The number of hydrogen-bond acceptors (Lipinski definition) is 3. The normalized spacial score (nSPS) is 30.7. The monoisotopic (exact) mass is 213 g/mol. The number of nitrogens with zero attached hydrogens (tertiary/aromatic N) is 1. The summed E-state index contributed by atoms with van der Waals surface area (Å²) < 4.78 is 4.86. The fraction of sp³-hybridized carbons (Fsp3) is 0.800. The highest BCUT2D eigenvalue weighted by Crippen LogP contribution is 2.32. The molecule has 0 bridgehead atoms. The maximum Gasteiger partial charge on any atom is 0.410 e. The van der Waals surface area contributed by atoms with Crippen LogP contribution in [0.15, 0.2) is 0 Å². The van der Waals surface area contributed by atoms with Crippen molar-refractivity contribution in [2.45, 2.75) is 31.7 Å². The third-order valence-electron chi connectivity index (χ3n) is 3.21. The van der Waals surface area contributed by atoms with Gasteiger partial charge in [-0.25, -0.2) is 4.79 Å². The standard InChI is InChI=1S/C10H15NO4/c12-9(13)6-7-1-2-8(5-7)11-3-4-15-10(11)14/h7-8H,1-6H2,(H,12,13). The summed E-state index contributed by atoms with van der Waals surface area (Å²) in [6, 6.07) is 0.198. The van der Waals surface area contributed by atoms with Crippen molar-refractivity contribution in [1.29, 1.82) is 0 Å². The molecule has 1 aliphatic heterocycles. The average Bonchev–Trinajstić information content (AvgIpc) is 2.72. The summed E-state index contributed by atoms with van der Waals surface area (Å²) in [5.41, 5.74) is 0. The van der Waals surface area contributed by atoms with Crippen molar-refractivity contribution in [1.82, 2.24) is 4.90 Å². The first kappa shape index (κ1) is 10.3. The van der Waals surface area contributed by atoms with Crippen LogP contribution >= 0.6 is 0 Å². The molecule has 0 aromatic rings. The molecule has 15 heavy (non-hydrogen) atoms. The topological polar surface area (TPSA) is 66.8 Å². The Balaban J connectivity index is 1.86. The van der Waals surface area contributed by atoms with Gasteiger partial charge < -0.3 is 14.7 Å². The minimum absolute atomic E-state index is 0.198. The molecular weight excluding hydrogens is 198 g/mol. The van der Waals surface area contributed by atoms with Gasteiger partial charge in [-0.3, -0.25) is 4.79 Å². The van der Waals surface area contributed by atoms with Crippen molar-refractivity contribution in [3.05, 3.63) is 0 Å². The van der Waals surface area contributed by atoms with Crippen LogP contribution in [0.1, 0.15) is 25.7 Å². The summed E-state index contributed by atoms with van der Waals surface area (Å²) in [6.45, 7) is 1.13. The third kappa shape index (κ3) is 2.22. The highest BCUT2D eigenvalue weighted by Gasteiger charge is 2.35. The zero-order chi connectivity index (χ0) is 10.8. The van der Waals surface area contributed by atoms with Crippen LogP contribution in [0.3, 0.4) is 0 Å². The van der Waals surface area contributed by atoms with E-state index in [1.54, 1.807) is 4.90 Å². The van der Waals surface area contributed by atoms with Crippen LogP contribution < -0.4 is 0 Å². The molecule has 2 rings (SSSR count). The second-order valence-corrected chi connectivity index (χ2v) is 4.24. The Morgan fingerprint density at radius 2 is 2.33 bits per heavy atom. The van der Waals surface area contributed by atoms with Crippen LogP contribution in [0.2, 0.25) is 0 Å². The van der Waals surface area contributed by atoms with Crippen molar-refractivity contribution in [3.63, 3.8) is 0 Å². The molecule has 0 spiro atoms. The molecule has 1 aliphatic carbocycles. The van der Waals surface area contributed by atoms with Crippen LogP contribution in [-0.2, 0) is 9.53 Å². The smallest absolute Gasteiger partial charge is 0.410 e. The quantitative estimate of drug-likeness (QED) is 0.761. The molecule has 0 aromatic carbocycles. The van der Waals surface area contributed by atoms with Gasteiger partial charge in [-0.2, -0.15) is 0 Å². The molecule has 5 heteroatoms. The molecular formula is C10H15NO4. The first-order chi connectivity index (χ1) is 7.16. The van der Waals surface area contributed by atoms with Gasteiger partial charge >= 0.3 is 12.1 Å². The van der Waals surface area contributed by atoms with Crippen molar-refractivity contribution in [3.8, 4) is 0 Å². The molecule has 1 amide bonds. The molecule has 2 unspecified atom stereocenters. The molecule has 2 atom stereocenters. The van der Waals surface area contributed by atoms with E-state index >= 15 is 0 Å². The average molecular weight is 213 g/mol. The lowest BCUT2D eigenvalue weighted by atomic mass is 10.0. The number of rotatable bonds is 3. The molecule has 1 N–H and O–H groups in total. The van der Waals surface area contributed by atoms with E-state index in [2.05, 4.69) is 0 Å². The Labute approximate surface area is 88.0 Å². The van der Waals surface area contributed by atoms with Gasteiger partial charge in [0.1, 0.15) is 6.61 Å². The first-order valence-corrected chi connectivity index (χ1v) is 5.32. The van der Waals surface area contributed by atoms with E-state index in [9.17, 15) is 9.59 Å². The van der Waals surface area contributed by atoms with E-state index in [1.807, 2.05) is 0 Å². The highest BCUT2D eigenvalue weighted by atomic mass is 16.6. The van der Waals surface area contributed by atoms with Gasteiger partial charge in [-0.1, -0.05) is 0 Å². The molecule has 2 aliphatic rings. The number of aliphatic carboxylic acids is 1. The van der Waals surface area contributed by atoms with Crippen LogP contribution in [0.25, 0.3) is 0 Å². The lowest BCUT2D eigenvalue weighted by molar-refractivity contribution is -0.138. The maximum absolute atomic E-state index is 11.3. The zero-order valence-electron chi connectivity index (χ0n) is 8.52. The summed E-state index contributed by atoms with van der Waals surface area (Å²) >= 11 is 0. The SMILES string of the molecule is O=C(O)CC1CCC(N2CCOC2=O)C1.